The molecule has 3 rings (SSSR count). The molecule has 102 valence electrons. The van der Waals surface area contributed by atoms with Gasteiger partial charge in [-0.25, -0.2) is 4.98 Å². The highest BCUT2D eigenvalue weighted by Gasteiger charge is 2.16. The molecule has 2 aromatic heterocycles. The van der Waals surface area contributed by atoms with Crippen molar-refractivity contribution in [2.45, 2.75) is 6.54 Å². The number of hydrogen-bond donors (Lipinski definition) is 1. The van der Waals surface area contributed by atoms with Crippen molar-refractivity contribution in [2.75, 3.05) is 5.73 Å². The molecule has 0 amide bonds. The molecule has 2 N–H and O–H groups in total. The molecule has 21 heavy (non-hydrogen) atoms. The molecule has 0 saturated heterocycles. The van der Waals surface area contributed by atoms with E-state index in [2.05, 4.69) is 15.9 Å². The summed E-state index contributed by atoms with van der Waals surface area (Å²) in [5.41, 5.74) is 8.80. The molecule has 0 atom stereocenters. The van der Waals surface area contributed by atoms with Crippen molar-refractivity contribution in [1.82, 2.24) is 14.5 Å². The van der Waals surface area contributed by atoms with Crippen molar-refractivity contribution in [3.8, 4) is 35.0 Å². The van der Waals surface area contributed by atoms with Crippen LogP contribution in [0, 0.1) is 12.3 Å². The van der Waals surface area contributed by atoms with E-state index in [0.29, 0.717) is 18.1 Å². The Bertz CT molecular complexity index is 783. The number of nitrogens with two attached hydrogens (primary N) is 1. The van der Waals surface area contributed by atoms with Crippen molar-refractivity contribution in [3.05, 3.63) is 54.9 Å². The maximum absolute atomic E-state index is 6.24. The molecule has 0 saturated carbocycles. The zero-order chi connectivity index (χ0) is 14.7. The Labute approximate surface area is 123 Å². The fourth-order valence-corrected chi connectivity index (χ4v) is 2.24. The Morgan fingerprint density at radius 2 is 1.86 bits per heavy atom. The summed E-state index contributed by atoms with van der Waals surface area (Å²) in [4.78, 5) is 8.79. The average molecular weight is 274 g/mol. The molecule has 4 heteroatoms. The Hall–Kier alpha value is -3.06. The van der Waals surface area contributed by atoms with Crippen LogP contribution in [0.1, 0.15) is 0 Å². The first-order chi connectivity index (χ1) is 10.3. The number of aromatic nitrogens is 3. The lowest BCUT2D eigenvalue weighted by Crippen LogP contribution is -2.03. The van der Waals surface area contributed by atoms with Crippen LogP contribution in [0.4, 0.5) is 5.82 Å². The molecule has 0 bridgehead atoms. The van der Waals surface area contributed by atoms with Gasteiger partial charge in [0, 0.05) is 23.5 Å². The summed E-state index contributed by atoms with van der Waals surface area (Å²) >= 11 is 0. The average Bonchev–Trinajstić information content (AvgIpc) is 2.87. The predicted octanol–water partition coefficient (Wildman–Crippen LogP) is 2.83. The van der Waals surface area contributed by atoms with Gasteiger partial charge in [-0.15, -0.1) is 6.42 Å². The lowest BCUT2D eigenvalue weighted by molar-refractivity contribution is 0.862. The number of anilines is 1. The largest absolute Gasteiger partial charge is 0.383 e. The third-order valence-electron chi connectivity index (χ3n) is 3.22. The number of nitrogen functional groups attached to an aromatic ring is 1. The summed E-state index contributed by atoms with van der Waals surface area (Å²) in [5, 5.41) is 0. The molecule has 0 unspecified atom stereocenters. The molecule has 1 aromatic carbocycles. The van der Waals surface area contributed by atoms with E-state index in [0.717, 1.165) is 17.0 Å². The van der Waals surface area contributed by atoms with Gasteiger partial charge in [-0.3, -0.25) is 9.55 Å². The van der Waals surface area contributed by atoms with Gasteiger partial charge in [0.05, 0.1) is 6.54 Å². The van der Waals surface area contributed by atoms with Crippen LogP contribution in [0.3, 0.4) is 0 Å². The molecular formula is C17H14N4. The minimum atomic E-state index is 0.378. The van der Waals surface area contributed by atoms with Crippen LogP contribution in [-0.2, 0) is 6.54 Å². The Kier molecular flexibility index (Phi) is 3.40. The Morgan fingerprint density at radius 1 is 1.10 bits per heavy atom. The molecule has 0 aliphatic heterocycles. The van der Waals surface area contributed by atoms with E-state index >= 15 is 0 Å². The first-order valence-electron chi connectivity index (χ1n) is 6.56. The van der Waals surface area contributed by atoms with Crippen molar-refractivity contribution in [2.24, 2.45) is 0 Å². The molecule has 0 radical (unpaired) electrons. The molecule has 4 nitrogen and oxygen atoms in total. The highest BCUT2D eigenvalue weighted by molar-refractivity contribution is 5.75. The van der Waals surface area contributed by atoms with Crippen LogP contribution < -0.4 is 5.73 Å². The number of pyridine rings is 1. The third kappa shape index (κ3) is 2.37. The molecule has 0 spiro atoms. The molecule has 0 aliphatic carbocycles. The minimum absolute atomic E-state index is 0.378. The van der Waals surface area contributed by atoms with Gasteiger partial charge in [-0.05, 0) is 12.1 Å². The highest BCUT2D eigenvalue weighted by atomic mass is 15.1. The number of imidazole rings is 1. The molecule has 3 aromatic rings. The van der Waals surface area contributed by atoms with Gasteiger partial charge >= 0.3 is 0 Å². The summed E-state index contributed by atoms with van der Waals surface area (Å²) < 4.78 is 1.84. The molecule has 2 heterocycles. The summed E-state index contributed by atoms with van der Waals surface area (Å²) in [6, 6.07) is 13.7. The summed E-state index contributed by atoms with van der Waals surface area (Å²) in [5.74, 6) is 3.95. The van der Waals surface area contributed by atoms with Crippen LogP contribution in [0.2, 0.25) is 0 Å². The van der Waals surface area contributed by atoms with Gasteiger partial charge in [-0.1, -0.05) is 36.3 Å². The first kappa shape index (κ1) is 12.9. The van der Waals surface area contributed by atoms with Gasteiger partial charge in [0.1, 0.15) is 17.3 Å². The Balaban J connectivity index is 2.19. The fourth-order valence-electron chi connectivity index (χ4n) is 2.24. The lowest BCUT2D eigenvalue weighted by atomic mass is 10.2. The lowest BCUT2D eigenvalue weighted by Gasteiger charge is -2.05. The second kappa shape index (κ2) is 5.51. The summed E-state index contributed by atoms with van der Waals surface area (Å²) in [7, 11) is 0. The monoisotopic (exact) mass is 274 g/mol. The summed E-state index contributed by atoms with van der Waals surface area (Å²) in [6.07, 6.45) is 8.92. The Morgan fingerprint density at radius 3 is 2.52 bits per heavy atom. The normalized spacial score (nSPS) is 10.2. The minimum Gasteiger partial charge on any atom is -0.383 e. The second-order valence-corrected chi connectivity index (χ2v) is 4.57. The zero-order valence-corrected chi connectivity index (χ0v) is 11.4. The number of hydrogen-bond acceptors (Lipinski definition) is 3. The molecule has 0 fully saturated rings. The standard InChI is InChI=1S/C17H14N4/c1-2-11-21-16(18)15(14-9-6-10-19-12-14)20-17(21)13-7-4-3-5-8-13/h1,3-10,12H,11,18H2. The van der Waals surface area contributed by atoms with E-state index in [1.54, 1.807) is 12.4 Å². The zero-order valence-electron chi connectivity index (χ0n) is 11.4. The maximum Gasteiger partial charge on any atom is 0.143 e. The van der Waals surface area contributed by atoms with Gasteiger partial charge in [0.25, 0.3) is 0 Å². The third-order valence-corrected chi connectivity index (χ3v) is 3.22. The van der Waals surface area contributed by atoms with E-state index in [4.69, 9.17) is 12.2 Å². The van der Waals surface area contributed by atoms with Crippen LogP contribution in [0.25, 0.3) is 22.6 Å². The van der Waals surface area contributed by atoms with Gasteiger partial charge in [0.15, 0.2) is 0 Å². The quantitative estimate of drug-likeness (QED) is 0.747. The van der Waals surface area contributed by atoms with E-state index in [-0.39, 0.29) is 0 Å². The summed E-state index contributed by atoms with van der Waals surface area (Å²) in [6.45, 7) is 0.378. The van der Waals surface area contributed by atoms with Gasteiger partial charge in [-0.2, -0.15) is 0 Å². The van der Waals surface area contributed by atoms with Crippen molar-refractivity contribution >= 4 is 5.82 Å². The van der Waals surface area contributed by atoms with Gasteiger partial charge in [0.2, 0.25) is 0 Å². The molecule has 0 aliphatic rings. The van der Waals surface area contributed by atoms with Crippen LogP contribution in [0.5, 0.6) is 0 Å². The second-order valence-electron chi connectivity index (χ2n) is 4.57. The topological polar surface area (TPSA) is 56.7 Å². The van der Waals surface area contributed by atoms with Crippen LogP contribution in [-0.4, -0.2) is 14.5 Å². The first-order valence-corrected chi connectivity index (χ1v) is 6.56. The van der Waals surface area contributed by atoms with Crippen LogP contribution in [0.15, 0.2) is 54.9 Å². The van der Waals surface area contributed by atoms with Crippen molar-refractivity contribution in [1.29, 1.82) is 0 Å². The number of terminal acetylenes is 1. The van der Waals surface area contributed by atoms with Gasteiger partial charge < -0.3 is 5.73 Å². The maximum atomic E-state index is 6.24. The smallest absolute Gasteiger partial charge is 0.143 e. The van der Waals surface area contributed by atoms with E-state index < -0.39 is 0 Å². The highest BCUT2D eigenvalue weighted by Crippen LogP contribution is 2.30. The van der Waals surface area contributed by atoms with E-state index in [1.807, 2.05) is 47.0 Å². The van der Waals surface area contributed by atoms with Crippen molar-refractivity contribution in [3.63, 3.8) is 0 Å². The van der Waals surface area contributed by atoms with E-state index in [9.17, 15) is 0 Å². The number of benzene rings is 1. The molecular weight excluding hydrogens is 260 g/mol. The fraction of sp³-hybridized carbons (Fsp3) is 0.0588. The number of nitrogens with zero attached hydrogens (tertiary/aromatic N) is 3. The predicted molar refractivity (Wildman–Crippen MR) is 84.1 cm³/mol. The SMILES string of the molecule is C#CCn1c(-c2ccccc2)nc(-c2cccnc2)c1N. The van der Waals surface area contributed by atoms with Crippen LogP contribution >= 0.6 is 0 Å². The number of rotatable bonds is 3. The van der Waals surface area contributed by atoms with Crippen molar-refractivity contribution < 1.29 is 0 Å². The van der Waals surface area contributed by atoms with E-state index in [1.165, 1.54) is 0 Å².